The molecule has 15 heavy (non-hydrogen) atoms. The van der Waals surface area contributed by atoms with Crippen molar-refractivity contribution in [2.24, 2.45) is 0 Å². The molecule has 0 aliphatic carbocycles. The zero-order valence-corrected chi connectivity index (χ0v) is 8.48. The van der Waals surface area contributed by atoms with Gasteiger partial charge in [-0.05, 0) is 11.5 Å². The summed E-state index contributed by atoms with van der Waals surface area (Å²) in [4.78, 5) is 0. The molecule has 0 atom stereocenters. The molecule has 0 saturated heterocycles. The van der Waals surface area contributed by atoms with Gasteiger partial charge in [-0.3, -0.25) is 0 Å². The monoisotopic (exact) mass is 220 g/mol. The van der Waals surface area contributed by atoms with Crippen LogP contribution in [0.4, 0.5) is 17.6 Å². The SMILES string of the molecule is CC(C)c1c(C(F)F)cccc1C(F)F. The number of rotatable bonds is 3. The topological polar surface area (TPSA) is 0 Å². The van der Waals surface area contributed by atoms with E-state index in [0.29, 0.717) is 0 Å². The lowest BCUT2D eigenvalue weighted by Crippen LogP contribution is -2.03. The lowest BCUT2D eigenvalue weighted by atomic mass is 9.92. The fourth-order valence-corrected chi connectivity index (χ4v) is 1.65. The Morgan fingerprint density at radius 3 is 1.53 bits per heavy atom. The smallest absolute Gasteiger partial charge is 0.205 e. The zero-order valence-electron chi connectivity index (χ0n) is 8.48. The van der Waals surface area contributed by atoms with E-state index >= 15 is 0 Å². The maximum Gasteiger partial charge on any atom is 0.264 e. The van der Waals surface area contributed by atoms with Crippen LogP contribution in [0, 0.1) is 0 Å². The van der Waals surface area contributed by atoms with Crippen LogP contribution in [0.25, 0.3) is 0 Å². The second-order valence-corrected chi connectivity index (χ2v) is 3.61. The van der Waals surface area contributed by atoms with Crippen molar-refractivity contribution in [1.29, 1.82) is 0 Å². The minimum atomic E-state index is -2.71. The Bertz CT molecular complexity index is 305. The van der Waals surface area contributed by atoms with Crippen LogP contribution >= 0.6 is 0 Å². The van der Waals surface area contributed by atoms with E-state index in [-0.39, 0.29) is 22.6 Å². The fourth-order valence-electron chi connectivity index (χ4n) is 1.65. The standard InChI is InChI=1S/C11H12F4/c1-6(2)9-7(10(12)13)4-3-5-8(9)11(14)15/h3-6,10-11H,1-2H3. The summed E-state index contributed by atoms with van der Waals surface area (Å²) in [6.45, 7) is 3.26. The number of halogens is 4. The molecule has 1 aromatic rings. The molecule has 0 spiro atoms. The summed E-state index contributed by atoms with van der Waals surface area (Å²) in [5, 5.41) is 0. The summed E-state index contributed by atoms with van der Waals surface area (Å²) in [5.41, 5.74) is -0.506. The first kappa shape index (κ1) is 12.0. The summed E-state index contributed by atoms with van der Waals surface area (Å²) in [5.74, 6) is -0.334. The van der Waals surface area contributed by atoms with Gasteiger partial charge in [-0.15, -0.1) is 0 Å². The quantitative estimate of drug-likeness (QED) is 0.648. The Morgan fingerprint density at radius 1 is 0.867 bits per heavy atom. The summed E-state index contributed by atoms with van der Waals surface area (Å²) in [6, 6.07) is 3.65. The second kappa shape index (κ2) is 4.64. The normalized spacial score (nSPS) is 11.8. The van der Waals surface area contributed by atoms with Gasteiger partial charge in [0, 0.05) is 11.1 Å². The van der Waals surface area contributed by atoms with Crippen LogP contribution in [0.1, 0.15) is 49.3 Å². The van der Waals surface area contributed by atoms with Gasteiger partial charge in [0.15, 0.2) is 0 Å². The average molecular weight is 220 g/mol. The van der Waals surface area contributed by atoms with E-state index in [1.54, 1.807) is 13.8 Å². The van der Waals surface area contributed by atoms with Crippen molar-refractivity contribution in [2.75, 3.05) is 0 Å². The maximum atomic E-state index is 12.6. The minimum Gasteiger partial charge on any atom is -0.205 e. The lowest BCUT2D eigenvalue weighted by molar-refractivity contribution is 0.141. The molecule has 0 aliphatic rings. The van der Waals surface area contributed by atoms with Gasteiger partial charge in [-0.25, -0.2) is 17.6 Å². The summed E-state index contributed by atoms with van der Waals surface area (Å²) >= 11 is 0. The Hall–Kier alpha value is -1.06. The van der Waals surface area contributed by atoms with E-state index in [0.717, 1.165) is 0 Å². The van der Waals surface area contributed by atoms with E-state index in [2.05, 4.69) is 0 Å². The molecule has 0 aliphatic heterocycles. The van der Waals surface area contributed by atoms with E-state index in [1.165, 1.54) is 18.2 Å². The first-order valence-electron chi connectivity index (χ1n) is 4.64. The third kappa shape index (κ3) is 2.49. The van der Waals surface area contributed by atoms with Crippen LogP contribution in [0.3, 0.4) is 0 Å². The van der Waals surface area contributed by atoms with Gasteiger partial charge in [0.05, 0.1) is 0 Å². The molecule has 1 aromatic carbocycles. The van der Waals surface area contributed by atoms with Crippen molar-refractivity contribution in [3.05, 3.63) is 34.9 Å². The van der Waals surface area contributed by atoms with Crippen LogP contribution < -0.4 is 0 Å². The molecule has 0 nitrogen and oxygen atoms in total. The highest BCUT2D eigenvalue weighted by molar-refractivity contribution is 5.39. The van der Waals surface area contributed by atoms with Gasteiger partial charge < -0.3 is 0 Å². The Kier molecular flexibility index (Phi) is 3.72. The third-order valence-corrected chi connectivity index (χ3v) is 2.22. The van der Waals surface area contributed by atoms with Gasteiger partial charge in [0.1, 0.15) is 0 Å². The molecule has 0 heterocycles. The highest BCUT2D eigenvalue weighted by Crippen LogP contribution is 2.35. The Morgan fingerprint density at radius 2 is 1.27 bits per heavy atom. The molecular formula is C11H12F4. The van der Waals surface area contributed by atoms with Crippen molar-refractivity contribution in [3.63, 3.8) is 0 Å². The largest absolute Gasteiger partial charge is 0.264 e. The molecule has 0 saturated carbocycles. The van der Waals surface area contributed by atoms with Crippen molar-refractivity contribution < 1.29 is 17.6 Å². The van der Waals surface area contributed by atoms with E-state index < -0.39 is 12.9 Å². The molecule has 0 amide bonds. The van der Waals surface area contributed by atoms with Gasteiger partial charge in [0.2, 0.25) is 0 Å². The van der Waals surface area contributed by atoms with Gasteiger partial charge in [-0.2, -0.15) is 0 Å². The predicted octanol–water partition coefficient (Wildman–Crippen LogP) is 4.69. The summed E-state index contributed by atoms with van der Waals surface area (Å²) in [6.07, 6.45) is -5.41. The predicted molar refractivity (Wildman–Crippen MR) is 50.4 cm³/mol. The van der Waals surface area contributed by atoms with Crippen molar-refractivity contribution in [3.8, 4) is 0 Å². The number of hydrogen-bond donors (Lipinski definition) is 0. The van der Waals surface area contributed by atoms with Crippen molar-refractivity contribution in [2.45, 2.75) is 32.6 Å². The molecule has 84 valence electrons. The van der Waals surface area contributed by atoms with Crippen molar-refractivity contribution in [1.82, 2.24) is 0 Å². The molecule has 0 radical (unpaired) electrons. The highest BCUT2D eigenvalue weighted by atomic mass is 19.3. The molecular weight excluding hydrogens is 208 g/mol. The van der Waals surface area contributed by atoms with Gasteiger partial charge >= 0.3 is 0 Å². The second-order valence-electron chi connectivity index (χ2n) is 3.61. The summed E-state index contributed by atoms with van der Waals surface area (Å²) < 4.78 is 50.3. The van der Waals surface area contributed by atoms with Crippen LogP contribution in [0.15, 0.2) is 18.2 Å². The first-order valence-corrected chi connectivity index (χ1v) is 4.64. The Labute approximate surface area is 85.9 Å². The Balaban J connectivity index is 3.35. The first-order chi connectivity index (χ1) is 6.95. The van der Waals surface area contributed by atoms with E-state index in [4.69, 9.17) is 0 Å². The van der Waals surface area contributed by atoms with Crippen LogP contribution in [-0.2, 0) is 0 Å². The zero-order chi connectivity index (χ0) is 11.6. The summed E-state index contributed by atoms with van der Waals surface area (Å²) in [7, 11) is 0. The number of alkyl halides is 4. The average Bonchev–Trinajstić information content (AvgIpc) is 2.16. The molecule has 0 N–H and O–H groups in total. The fraction of sp³-hybridized carbons (Fsp3) is 0.455. The van der Waals surface area contributed by atoms with Crippen LogP contribution in [-0.4, -0.2) is 0 Å². The highest BCUT2D eigenvalue weighted by Gasteiger charge is 2.22. The van der Waals surface area contributed by atoms with Crippen molar-refractivity contribution >= 4 is 0 Å². The molecule has 0 fully saturated rings. The third-order valence-electron chi connectivity index (χ3n) is 2.22. The van der Waals surface area contributed by atoms with Crippen LogP contribution in [0.5, 0.6) is 0 Å². The number of benzene rings is 1. The molecule has 0 bridgehead atoms. The van der Waals surface area contributed by atoms with E-state index in [1.807, 2.05) is 0 Å². The van der Waals surface area contributed by atoms with Crippen LogP contribution in [0.2, 0.25) is 0 Å². The van der Waals surface area contributed by atoms with Gasteiger partial charge in [-0.1, -0.05) is 32.0 Å². The molecule has 0 aromatic heterocycles. The molecule has 4 heteroatoms. The minimum absolute atomic E-state index is 0.0718. The van der Waals surface area contributed by atoms with E-state index in [9.17, 15) is 17.6 Å². The maximum absolute atomic E-state index is 12.6. The molecule has 1 rings (SSSR count). The molecule has 0 unspecified atom stereocenters. The van der Waals surface area contributed by atoms with Gasteiger partial charge in [0.25, 0.3) is 12.9 Å². The lowest BCUT2D eigenvalue weighted by Gasteiger charge is -2.16. The number of hydrogen-bond acceptors (Lipinski definition) is 0.